The Morgan fingerprint density at radius 2 is 1.92 bits per heavy atom. The molecular weight excluding hydrogens is 304 g/mol. The van der Waals surface area contributed by atoms with Crippen LogP contribution in [0.5, 0.6) is 5.75 Å². The molecule has 2 heterocycles. The Labute approximate surface area is 141 Å². The number of hydrogen-bond acceptors (Lipinski definition) is 3. The summed E-state index contributed by atoms with van der Waals surface area (Å²) in [5.41, 5.74) is 1.44. The minimum absolute atomic E-state index is 0.0334. The van der Waals surface area contributed by atoms with Gasteiger partial charge in [0.1, 0.15) is 5.75 Å². The molecule has 1 unspecified atom stereocenters. The molecular formula is C19H22N2O3. The zero-order valence-electron chi connectivity index (χ0n) is 13.8. The van der Waals surface area contributed by atoms with E-state index in [1.165, 1.54) is 12.3 Å². The van der Waals surface area contributed by atoms with Gasteiger partial charge in [-0.05, 0) is 36.6 Å². The first-order valence-corrected chi connectivity index (χ1v) is 8.32. The number of rotatable bonds is 3. The smallest absolute Gasteiger partial charge is 0.255 e. The van der Waals surface area contributed by atoms with E-state index in [-0.39, 0.29) is 17.5 Å². The van der Waals surface area contributed by atoms with Gasteiger partial charge in [-0.15, -0.1) is 0 Å². The molecule has 1 aliphatic heterocycles. The van der Waals surface area contributed by atoms with Crippen LogP contribution in [0.2, 0.25) is 0 Å². The molecule has 1 aliphatic rings. The third kappa shape index (κ3) is 3.50. The number of carbonyl (C=O) groups is 1. The molecule has 1 amide bonds. The van der Waals surface area contributed by atoms with E-state index in [4.69, 9.17) is 4.74 Å². The Hall–Kier alpha value is -2.56. The highest BCUT2D eigenvalue weighted by Crippen LogP contribution is 2.32. The van der Waals surface area contributed by atoms with Crippen LogP contribution in [0, 0.1) is 0 Å². The van der Waals surface area contributed by atoms with Crippen LogP contribution < -0.4 is 10.3 Å². The second-order valence-corrected chi connectivity index (χ2v) is 6.08. The monoisotopic (exact) mass is 326 g/mol. The highest BCUT2D eigenvalue weighted by Gasteiger charge is 2.27. The van der Waals surface area contributed by atoms with E-state index in [0.717, 1.165) is 43.5 Å². The van der Waals surface area contributed by atoms with E-state index in [9.17, 15) is 9.59 Å². The van der Waals surface area contributed by atoms with Crippen molar-refractivity contribution < 1.29 is 9.53 Å². The summed E-state index contributed by atoms with van der Waals surface area (Å²) in [7, 11) is 1.65. The molecule has 5 nitrogen and oxygen atoms in total. The van der Waals surface area contributed by atoms with Crippen molar-refractivity contribution in [3.8, 4) is 5.75 Å². The van der Waals surface area contributed by atoms with Gasteiger partial charge < -0.3 is 14.6 Å². The highest BCUT2D eigenvalue weighted by atomic mass is 16.5. The number of ether oxygens (including phenoxy) is 1. The standard InChI is InChI=1S/C19H22N2O3/c1-24-16-9-6-14(7-10-16)17-5-3-2-4-12-21(17)19(23)15-8-11-18(22)20-13-15/h6-11,13,17H,2-5,12H2,1H3,(H,20,22). The van der Waals surface area contributed by atoms with Gasteiger partial charge in [0, 0.05) is 18.8 Å². The van der Waals surface area contributed by atoms with Crippen molar-refractivity contribution in [2.45, 2.75) is 31.7 Å². The Morgan fingerprint density at radius 3 is 2.58 bits per heavy atom. The summed E-state index contributed by atoms with van der Waals surface area (Å²) in [5, 5.41) is 0. The first-order valence-electron chi connectivity index (χ1n) is 8.32. The third-order valence-corrected chi connectivity index (χ3v) is 4.55. The van der Waals surface area contributed by atoms with Crippen molar-refractivity contribution in [1.82, 2.24) is 9.88 Å². The fourth-order valence-corrected chi connectivity index (χ4v) is 3.23. The molecule has 2 aromatic rings. The molecule has 1 aromatic heterocycles. The molecule has 1 N–H and O–H groups in total. The van der Waals surface area contributed by atoms with E-state index < -0.39 is 0 Å². The fraction of sp³-hybridized carbons (Fsp3) is 0.368. The summed E-state index contributed by atoms with van der Waals surface area (Å²) in [5.74, 6) is 0.778. The minimum atomic E-state index is -0.200. The van der Waals surface area contributed by atoms with Crippen LogP contribution in [0.3, 0.4) is 0 Å². The van der Waals surface area contributed by atoms with Crippen molar-refractivity contribution in [3.63, 3.8) is 0 Å². The summed E-state index contributed by atoms with van der Waals surface area (Å²) in [6.07, 6.45) is 5.68. The topological polar surface area (TPSA) is 62.4 Å². The van der Waals surface area contributed by atoms with Crippen LogP contribution in [0.15, 0.2) is 47.4 Å². The normalized spacial score (nSPS) is 18.0. The molecule has 1 atom stereocenters. The number of nitrogens with one attached hydrogen (secondary N) is 1. The van der Waals surface area contributed by atoms with Gasteiger partial charge in [-0.3, -0.25) is 9.59 Å². The molecule has 0 aliphatic carbocycles. The summed E-state index contributed by atoms with van der Waals surface area (Å²) >= 11 is 0. The number of hydrogen-bond donors (Lipinski definition) is 1. The van der Waals surface area contributed by atoms with Gasteiger partial charge >= 0.3 is 0 Å². The molecule has 1 aromatic carbocycles. The van der Waals surface area contributed by atoms with Crippen molar-refractivity contribution >= 4 is 5.91 Å². The van der Waals surface area contributed by atoms with Crippen molar-refractivity contribution in [3.05, 3.63) is 64.1 Å². The van der Waals surface area contributed by atoms with E-state index in [1.807, 2.05) is 29.2 Å². The molecule has 0 bridgehead atoms. The molecule has 0 spiro atoms. The number of methoxy groups -OCH3 is 1. The molecule has 0 radical (unpaired) electrons. The number of amides is 1. The number of benzene rings is 1. The maximum absolute atomic E-state index is 12.9. The summed E-state index contributed by atoms with van der Waals surface area (Å²) in [6, 6.07) is 11.0. The Balaban J connectivity index is 1.90. The molecule has 5 heteroatoms. The largest absolute Gasteiger partial charge is 0.497 e. The van der Waals surface area contributed by atoms with Crippen molar-refractivity contribution in [2.24, 2.45) is 0 Å². The summed E-state index contributed by atoms with van der Waals surface area (Å²) in [4.78, 5) is 28.7. The quantitative estimate of drug-likeness (QED) is 0.942. The number of likely N-dealkylation sites (tertiary alicyclic amines) is 1. The van der Waals surface area contributed by atoms with Gasteiger partial charge in [0.25, 0.3) is 5.91 Å². The van der Waals surface area contributed by atoms with E-state index in [1.54, 1.807) is 13.2 Å². The lowest BCUT2D eigenvalue weighted by Gasteiger charge is -2.30. The summed E-state index contributed by atoms with van der Waals surface area (Å²) < 4.78 is 5.22. The van der Waals surface area contributed by atoms with Gasteiger partial charge in [0.15, 0.2) is 0 Å². The van der Waals surface area contributed by atoms with E-state index >= 15 is 0 Å². The second kappa shape index (κ2) is 7.34. The number of nitrogens with zero attached hydrogens (tertiary/aromatic N) is 1. The number of pyridine rings is 1. The number of aromatic nitrogens is 1. The van der Waals surface area contributed by atoms with E-state index in [0.29, 0.717) is 5.56 Å². The third-order valence-electron chi connectivity index (χ3n) is 4.55. The maximum Gasteiger partial charge on any atom is 0.255 e. The van der Waals surface area contributed by atoms with Gasteiger partial charge in [-0.2, -0.15) is 0 Å². The van der Waals surface area contributed by atoms with Crippen LogP contribution in [0.25, 0.3) is 0 Å². The lowest BCUT2D eigenvalue weighted by atomic mass is 10.00. The van der Waals surface area contributed by atoms with Gasteiger partial charge in [-0.1, -0.05) is 25.0 Å². The van der Waals surface area contributed by atoms with Crippen LogP contribution in [0.1, 0.15) is 47.6 Å². The number of carbonyl (C=O) groups excluding carboxylic acids is 1. The van der Waals surface area contributed by atoms with Crippen molar-refractivity contribution in [1.29, 1.82) is 0 Å². The Bertz CT molecular complexity index is 731. The average Bonchev–Trinajstić information content (AvgIpc) is 2.88. The lowest BCUT2D eigenvalue weighted by Crippen LogP contribution is -2.35. The maximum atomic E-state index is 12.9. The molecule has 0 saturated carbocycles. The number of aromatic amines is 1. The average molecular weight is 326 g/mol. The fourth-order valence-electron chi connectivity index (χ4n) is 3.23. The van der Waals surface area contributed by atoms with Gasteiger partial charge in [0.05, 0.1) is 18.7 Å². The minimum Gasteiger partial charge on any atom is -0.497 e. The SMILES string of the molecule is COc1ccc(C2CCCCCN2C(=O)c2ccc(=O)[nH]c2)cc1. The van der Waals surface area contributed by atoms with Crippen LogP contribution in [-0.4, -0.2) is 29.4 Å². The van der Waals surface area contributed by atoms with Crippen LogP contribution in [-0.2, 0) is 0 Å². The predicted molar refractivity (Wildman–Crippen MR) is 92.3 cm³/mol. The Kier molecular flexibility index (Phi) is 4.99. The molecule has 1 saturated heterocycles. The molecule has 3 rings (SSSR count). The lowest BCUT2D eigenvalue weighted by molar-refractivity contribution is 0.0680. The van der Waals surface area contributed by atoms with Gasteiger partial charge in [-0.25, -0.2) is 0 Å². The number of H-pyrrole nitrogens is 1. The van der Waals surface area contributed by atoms with E-state index in [2.05, 4.69) is 4.98 Å². The molecule has 24 heavy (non-hydrogen) atoms. The first kappa shape index (κ1) is 16.3. The first-order chi connectivity index (χ1) is 11.7. The highest BCUT2D eigenvalue weighted by molar-refractivity contribution is 5.94. The van der Waals surface area contributed by atoms with Crippen LogP contribution in [0.4, 0.5) is 0 Å². The van der Waals surface area contributed by atoms with Gasteiger partial charge in [0.2, 0.25) is 5.56 Å². The molecule has 1 fully saturated rings. The second-order valence-electron chi connectivity index (χ2n) is 6.08. The zero-order valence-corrected chi connectivity index (χ0v) is 13.8. The summed E-state index contributed by atoms with van der Waals surface area (Å²) in [6.45, 7) is 0.731. The zero-order chi connectivity index (χ0) is 16.9. The molecule has 126 valence electrons. The Morgan fingerprint density at radius 1 is 1.12 bits per heavy atom. The van der Waals surface area contributed by atoms with Crippen LogP contribution >= 0.6 is 0 Å². The van der Waals surface area contributed by atoms with Crippen molar-refractivity contribution in [2.75, 3.05) is 13.7 Å². The predicted octanol–water partition coefficient (Wildman–Crippen LogP) is 3.14.